The van der Waals surface area contributed by atoms with Gasteiger partial charge in [-0.05, 0) is 12.1 Å². The van der Waals surface area contributed by atoms with Crippen LogP contribution in [0.4, 0.5) is 5.69 Å². The third-order valence-electron chi connectivity index (χ3n) is 2.37. The molecule has 0 unspecified atom stereocenters. The van der Waals surface area contributed by atoms with Crippen molar-refractivity contribution in [2.24, 2.45) is 0 Å². The van der Waals surface area contributed by atoms with E-state index in [0.29, 0.717) is 12.1 Å². The fraction of sp³-hybridized carbons (Fsp3) is 0.100. The van der Waals surface area contributed by atoms with Crippen LogP contribution in [0.3, 0.4) is 0 Å². The summed E-state index contributed by atoms with van der Waals surface area (Å²) < 4.78 is 1.90. The smallest absolute Gasteiger partial charge is 0.230 e. The molecule has 2 aromatic rings. The van der Waals surface area contributed by atoms with E-state index in [-0.39, 0.29) is 5.91 Å². The molecule has 2 aromatic heterocycles. The summed E-state index contributed by atoms with van der Waals surface area (Å²) in [5.41, 5.74) is 1.59. The molecule has 5 nitrogen and oxygen atoms in total. The zero-order chi connectivity index (χ0) is 10.3. The molecule has 0 atom stereocenters. The van der Waals surface area contributed by atoms with Crippen molar-refractivity contribution in [2.75, 3.05) is 5.32 Å². The Hall–Kier alpha value is -2.17. The summed E-state index contributed by atoms with van der Waals surface area (Å²) in [5, 5.41) is 2.77. The highest BCUT2D eigenvalue weighted by molar-refractivity contribution is 5.94. The Morgan fingerprint density at radius 3 is 3.33 bits per heavy atom. The van der Waals surface area contributed by atoms with E-state index in [4.69, 9.17) is 0 Å². The van der Waals surface area contributed by atoms with Gasteiger partial charge in [-0.3, -0.25) is 4.79 Å². The van der Waals surface area contributed by atoms with Crippen molar-refractivity contribution >= 4 is 11.6 Å². The second-order valence-electron chi connectivity index (χ2n) is 3.35. The Morgan fingerprint density at radius 1 is 1.47 bits per heavy atom. The van der Waals surface area contributed by atoms with E-state index in [1.165, 1.54) is 6.33 Å². The summed E-state index contributed by atoms with van der Waals surface area (Å²) in [4.78, 5) is 19.6. The van der Waals surface area contributed by atoms with E-state index >= 15 is 0 Å². The molecule has 0 aliphatic carbocycles. The average molecular weight is 200 g/mol. The molecule has 1 aliphatic rings. The number of amides is 1. The zero-order valence-electron chi connectivity index (χ0n) is 7.84. The number of nitrogens with zero attached hydrogens (tertiary/aromatic N) is 3. The van der Waals surface area contributed by atoms with Crippen LogP contribution in [0.15, 0.2) is 30.9 Å². The largest absolute Gasteiger partial charge is 0.321 e. The fourth-order valence-electron chi connectivity index (χ4n) is 1.73. The summed E-state index contributed by atoms with van der Waals surface area (Å²) in [6, 6.07) is 3.82. The molecule has 0 saturated carbocycles. The lowest BCUT2D eigenvalue weighted by molar-refractivity contribution is -0.115. The van der Waals surface area contributed by atoms with Gasteiger partial charge < -0.3 is 9.88 Å². The molecule has 15 heavy (non-hydrogen) atoms. The minimum atomic E-state index is -0.0384. The molecule has 1 N–H and O–H groups in total. The van der Waals surface area contributed by atoms with Crippen molar-refractivity contribution in [3.63, 3.8) is 0 Å². The first kappa shape index (κ1) is 8.16. The van der Waals surface area contributed by atoms with Crippen LogP contribution < -0.4 is 5.32 Å². The molecule has 3 rings (SSSR count). The first-order valence-corrected chi connectivity index (χ1v) is 4.61. The van der Waals surface area contributed by atoms with E-state index in [0.717, 1.165) is 11.5 Å². The van der Waals surface area contributed by atoms with Crippen molar-refractivity contribution in [3.05, 3.63) is 36.5 Å². The van der Waals surface area contributed by atoms with Gasteiger partial charge in [-0.25, -0.2) is 9.97 Å². The van der Waals surface area contributed by atoms with Crippen LogP contribution in [-0.4, -0.2) is 20.4 Å². The highest BCUT2D eigenvalue weighted by Gasteiger charge is 2.18. The maximum Gasteiger partial charge on any atom is 0.230 e. The highest BCUT2D eigenvalue weighted by atomic mass is 16.1. The third-order valence-corrected chi connectivity index (χ3v) is 2.37. The van der Waals surface area contributed by atoms with Crippen molar-refractivity contribution in [1.82, 2.24) is 14.5 Å². The van der Waals surface area contributed by atoms with Gasteiger partial charge in [-0.2, -0.15) is 0 Å². The maximum atomic E-state index is 11.5. The van der Waals surface area contributed by atoms with Gasteiger partial charge in [-0.1, -0.05) is 0 Å². The van der Waals surface area contributed by atoms with Gasteiger partial charge in [-0.15, -0.1) is 0 Å². The topological polar surface area (TPSA) is 59.8 Å². The number of hydrogen-bond acceptors (Lipinski definition) is 3. The van der Waals surface area contributed by atoms with Gasteiger partial charge in [0.2, 0.25) is 5.91 Å². The number of fused-ring (bicyclic) bond motifs is 3. The minimum Gasteiger partial charge on any atom is -0.321 e. The van der Waals surface area contributed by atoms with Gasteiger partial charge in [0.25, 0.3) is 0 Å². The molecular weight excluding hydrogens is 192 g/mol. The molecule has 0 fully saturated rings. The standard InChI is InChI=1S/C10H8N4O/c15-9-4-7-2-1-3-14(7)10-8(13-9)5-11-6-12-10/h1-3,5-6H,4H2,(H,13,15). The Balaban J connectivity index is 2.29. The van der Waals surface area contributed by atoms with Crippen LogP contribution >= 0.6 is 0 Å². The average Bonchev–Trinajstić information content (AvgIpc) is 2.62. The molecule has 0 saturated heterocycles. The lowest BCUT2D eigenvalue weighted by Gasteiger charge is -2.06. The fourth-order valence-corrected chi connectivity index (χ4v) is 1.73. The maximum absolute atomic E-state index is 11.5. The Bertz CT molecular complexity index is 532. The number of carbonyl (C=O) groups excluding carboxylic acids is 1. The number of nitrogens with one attached hydrogen (secondary N) is 1. The molecule has 0 aromatic carbocycles. The van der Waals surface area contributed by atoms with Crippen molar-refractivity contribution in [1.29, 1.82) is 0 Å². The van der Waals surface area contributed by atoms with E-state index in [2.05, 4.69) is 15.3 Å². The molecular formula is C10H8N4O. The van der Waals surface area contributed by atoms with Crippen LogP contribution in [0.25, 0.3) is 5.82 Å². The predicted molar refractivity (Wildman–Crippen MR) is 53.7 cm³/mol. The summed E-state index contributed by atoms with van der Waals surface area (Å²) >= 11 is 0. The number of rotatable bonds is 0. The van der Waals surface area contributed by atoms with Crippen LogP contribution in [0.1, 0.15) is 5.69 Å². The Labute approximate surface area is 85.8 Å². The molecule has 1 amide bonds. The van der Waals surface area contributed by atoms with Crippen LogP contribution in [-0.2, 0) is 11.2 Å². The summed E-state index contributed by atoms with van der Waals surface area (Å²) in [6.07, 6.45) is 5.33. The van der Waals surface area contributed by atoms with Gasteiger partial charge in [0.1, 0.15) is 12.0 Å². The first-order chi connectivity index (χ1) is 7.34. The Kier molecular flexibility index (Phi) is 1.58. The second kappa shape index (κ2) is 2.91. The molecule has 3 heterocycles. The van der Waals surface area contributed by atoms with Crippen LogP contribution in [0.5, 0.6) is 0 Å². The van der Waals surface area contributed by atoms with Gasteiger partial charge >= 0.3 is 0 Å². The van der Waals surface area contributed by atoms with Gasteiger partial charge in [0.05, 0.1) is 12.6 Å². The van der Waals surface area contributed by atoms with Gasteiger partial charge in [0.15, 0.2) is 5.82 Å². The molecule has 0 bridgehead atoms. The van der Waals surface area contributed by atoms with Gasteiger partial charge in [0, 0.05) is 11.9 Å². The molecule has 5 heteroatoms. The normalized spacial score (nSPS) is 13.7. The second-order valence-corrected chi connectivity index (χ2v) is 3.35. The van der Waals surface area contributed by atoms with Crippen molar-refractivity contribution < 1.29 is 4.79 Å². The number of aromatic nitrogens is 3. The van der Waals surface area contributed by atoms with E-state index in [9.17, 15) is 4.79 Å². The van der Waals surface area contributed by atoms with Crippen molar-refractivity contribution in [2.45, 2.75) is 6.42 Å². The molecule has 0 spiro atoms. The SMILES string of the molecule is O=C1Cc2cccn2-c2ncncc2N1. The van der Waals surface area contributed by atoms with Crippen LogP contribution in [0.2, 0.25) is 0 Å². The number of carbonyl (C=O) groups is 1. The quantitative estimate of drug-likeness (QED) is 0.683. The zero-order valence-corrected chi connectivity index (χ0v) is 7.84. The highest BCUT2D eigenvalue weighted by Crippen LogP contribution is 2.22. The third kappa shape index (κ3) is 1.20. The van der Waals surface area contributed by atoms with E-state index in [1.807, 2.05) is 22.9 Å². The van der Waals surface area contributed by atoms with E-state index in [1.54, 1.807) is 6.20 Å². The monoisotopic (exact) mass is 200 g/mol. The minimum absolute atomic E-state index is 0.0384. The predicted octanol–water partition coefficient (Wildman–Crippen LogP) is 0.762. The number of hydrogen-bond donors (Lipinski definition) is 1. The first-order valence-electron chi connectivity index (χ1n) is 4.61. The lowest BCUT2D eigenvalue weighted by atomic mass is 10.3. The molecule has 0 radical (unpaired) electrons. The molecule has 1 aliphatic heterocycles. The van der Waals surface area contributed by atoms with Crippen molar-refractivity contribution in [3.8, 4) is 5.82 Å². The summed E-state index contributed by atoms with van der Waals surface area (Å²) in [6.45, 7) is 0. The number of anilines is 1. The summed E-state index contributed by atoms with van der Waals surface area (Å²) in [7, 11) is 0. The lowest BCUT2D eigenvalue weighted by Crippen LogP contribution is -2.12. The summed E-state index contributed by atoms with van der Waals surface area (Å²) in [5.74, 6) is 0.680. The van der Waals surface area contributed by atoms with E-state index < -0.39 is 0 Å². The molecule has 74 valence electrons. The Morgan fingerprint density at radius 2 is 2.40 bits per heavy atom. The van der Waals surface area contributed by atoms with Crippen LogP contribution in [0, 0.1) is 0 Å².